The van der Waals surface area contributed by atoms with Crippen LogP contribution >= 0.6 is 15.9 Å². The number of carbonyl (C=O) groups is 3. The number of carbonyl (C=O) groups excluding carboxylic acids is 3. The van der Waals surface area contributed by atoms with E-state index in [4.69, 9.17) is 4.74 Å². The van der Waals surface area contributed by atoms with Crippen LogP contribution in [0, 0.1) is 0 Å². The molecule has 2 rings (SSSR count). The SMILES string of the molecule is CCCCN(Cc1cccn1Cc1ccc(Br)cc1)C(=O)CN(C(=O)NCC(=O)OCC)C(C)C. The number of nitrogens with one attached hydrogen (secondary N) is 1. The second kappa shape index (κ2) is 14.6. The van der Waals surface area contributed by atoms with Crippen molar-refractivity contribution < 1.29 is 19.1 Å². The molecule has 1 aromatic carbocycles. The van der Waals surface area contributed by atoms with Gasteiger partial charge in [0, 0.05) is 35.5 Å². The first kappa shape index (κ1) is 28.4. The number of ether oxygens (including phenoxy) is 1. The summed E-state index contributed by atoms with van der Waals surface area (Å²) in [6, 6.07) is 11.5. The van der Waals surface area contributed by atoms with Gasteiger partial charge in [-0.2, -0.15) is 0 Å². The van der Waals surface area contributed by atoms with Gasteiger partial charge in [-0.15, -0.1) is 0 Å². The summed E-state index contributed by atoms with van der Waals surface area (Å²) in [4.78, 5) is 40.9. The van der Waals surface area contributed by atoms with E-state index >= 15 is 0 Å². The Bertz CT molecular complexity index is 959. The maximum atomic E-state index is 13.3. The van der Waals surface area contributed by atoms with Gasteiger partial charge in [0.05, 0.1) is 13.2 Å². The van der Waals surface area contributed by atoms with Crippen molar-refractivity contribution in [3.8, 4) is 0 Å². The summed E-state index contributed by atoms with van der Waals surface area (Å²) in [5, 5.41) is 2.56. The quantitative estimate of drug-likeness (QED) is 0.376. The molecule has 0 aliphatic heterocycles. The first-order chi connectivity index (χ1) is 16.7. The normalized spacial score (nSPS) is 10.8. The number of amides is 3. The van der Waals surface area contributed by atoms with E-state index in [1.54, 1.807) is 6.92 Å². The Morgan fingerprint density at radius 2 is 1.83 bits per heavy atom. The standard InChI is InChI=1S/C26H37BrN4O4/c1-5-7-14-30(18-23-9-8-15-29(23)17-21-10-12-22(27)13-11-21)24(32)19-31(20(3)4)26(34)28-16-25(33)35-6-2/h8-13,15,20H,5-7,14,16-19H2,1-4H3,(H,28,34). The third kappa shape index (κ3) is 9.39. The molecule has 0 saturated heterocycles. The minimum atomic E-state index is -0.507. The van der Waals surface area contributed by atoms with Crippen LogP contribution in [0.5, 0.6) is 0 Å². The Morgan fingerprint density at radius 3 is 2.46 bits per heavy atom. The van der Waals surface area contributed by atoms with Gasteiger partial charge < -0.3 is 24.4 Å². The molecule has 192 valence electrons. The lowest BCUT2D eigenvalue weighted by Crippen LogP contribution is -2.50. The van der Waals surface area contributed by atoms with Gasteiger partial charge in [-0.1, -0.05) is 41.4 Å². The fraction of sp³-hybridized carbons (Fsp3) is 0.500. The molecular formula is C26H37BrN4O4. The lowest BCUT2D eigenvalue weighted by Gasteiger charge is -2.30. The number of urea groups is 1. The molecular weight excluding hydrogens is 512 g/mol. The number of hydrogen-bond acceptors (Lipinski definition) is 4. The minimum absolute atomic E-state index is 0.0660. The van der Waals surface area contributed by atoms with Gasteiger partial charge in [0.2, 0.25) is 5.91 Å². The lowest BCUT2D eigenvalue weighted by atomic mass is 10.2. The van der Waals surface area contributed by atoms with Crippen molar-refractivity contribution in [2.45, 2.75) is 59.7 Å². The Labute approximate surface area is 216 Å². The lowest BCUT2D eigenvalue weighted by molar-refractivity contribution is -0.141. The summed E-state index contributed by atoms with van der Waals surface area (Å²) in [5.41, 5.74) is 2.20. The van der Waals surface area contributed by atoms with Crippen LogP contribution < -0.4 is 5.32 Å². The highest BCUT2D eigenvalue weighted by atomic mass is 79.9. The first-order valence-electron chi connectivity index (χ1n) is 12.1. The van der Waals surface area contributed by atoms with Gasteiger partial charge in [0.25, 0.3) is 0 Å². The summed E-state index contributed by atoms with van der Waals surface area (Å²) in [6.45, 7) is 9.20. The molecule has 0 aliphatic carbocycles. The molecule has 8 nitrogen and oxygen atoms in total. The Hall–Kier alpha value is -2.81. The summed E-state index contributed by atoms with van der Waals surface area (Å²) >= 11 is 3.47. The average molecular weight is 550 g/mol. The zero-order valence-electron chi connectivity index (χ0n) is 21.1. The predicted octanol–water partition coefficient (Wildman–Crippen LogP) is 4.41. The van der Waals surface area contributed by atoms with Crippen LogP contribution in [0.3, 0.4) is 0 Å². The van der Waals surface area contributed by atoms with E-state index in [-0.39, 0.29) is 31.6 Å². The largest absolute Gasteiger partial charge is 0.465 e. The van der Waals surface area contributed by atoms with E-state index in [1.807, 2.05) is 49.2 Å². The predicted molar refractivity (Wildman–Crippen MR) is 140 cm³/mol. The van der Waals surface area contributed by atoms with Crippen molar-refractivity contribution >= 4 is 33.8 Å². The van der Waals surface area contributed by atoms with Crippen molar-refractivity contribution in [3.05, 3.63) is 58.3 Å². The minimum Gasteiger partial charge on any atom is -0.465 e. The van der Waals surface area contributed by atoms with Gasteiger partial charge in [0.1, 0.15) is 13.1 Å². The number of esters is 1. The monoisotopic (exact) mass is 548 g/mol. The molecule has 2 aromatic rings. The van der Waals surface area contributed by atoms with Crippen molar-refractivity contribution in [1.82, 2.24) is 19.7 Å². The highest BCUT2D eigenvalue weighted by molar-refractivity contribution is 9.10. The van der Waals surface area contributed by atoms with Gasteiger partial charge in [-0.25, -0.2) is 4.79 Å². The van der Waals surface area contributed by atoms with Crippen LogP contribution in [0.25, 0.3) is 0 Å². The van der Waals surface area contributed by atoms with Crippen molar-refractivity contribution in [2.24, 2.45) is 0 Å². The number of halogens is 1. The Balaban J connectivity index is 2.09. The molecule has 0 radical (unpaired) electrons. The van der Waals surface area contributed by atoms with Crippen LogP contribution in [-0.4, -0.2) is 64.6 Å². The third-order valence-corrected chi connectivity index (χ3v) is 6.08. The van der Waals surface area contributed by atoms with Crippen LogP contribution in [0.2, 0.25) is 0 Å². The number of benzene rings is 1. The molecule has 1 heterocycles. The van der Waals surface area contributed by atoms with Crippen molar-refractivity contribution in [1.29, 1.82) is 0 Å². The summed E-state index contributed by atoms with van der Waals surface area (Å²) in [5.74, 6) is -0.637. The van der Waals surface area contributed by atoms with Gasteiger partial charge in [-0.3, -0.25) is 9.59 Å². The van der Waals surface area contributed by atoms with E-state index < -0.39 is 12.0 Å². The topological polar surface area (TPSA) is 83.9 Å². The maximum absolute atomic E-state index is 13.3. The highest BCUT2D eigenvalue weighted by Crippen LogP contribution is 2.15. The van der Waals surface area contributed by atoms with Crippen LogP contribution in [-0.2, 0) is 27.4 Å². The van der Waals surface area contributed by atoms with E-state index in [9.17, 15) is 14.4 Å². The molecule has 0 atom stereocenters. The summed E-state index contributed by atoms with van der Waals surface area (Å²) in [6.07, 6.45) is 3.84. The van der Waals surface area contributed by atoms with Crippen LogP contribution in [0.1, 0.15) is 51.8 Å². The number of rotatable bonds is 13. The van der Waals surface area contributed by atoms with Crippen molar-refractivity contribution in [3.63, 3.8) is 0 Å². The Kier molecular flexibility index (Phi) is 11.8. The molecule has 3 amide bonds. The molecule has 0 unspecified atom stereocenters. The summed E-state index contributed by atoms with van der Waals surface area (Å²) in [7, 11) is 0. The number of nitrogens with zero attached hydrogens (tertiary/aromatic N) is 3. The third-order valence-electron chi connectivity index (χ3n) is 5.56. The molecule has 1 N–H and O–H groups in total. The van der Waals surface area contributed by atoms with E-state index in [1.165, 1.54) is 10.5 Å². The highest BCUT2D eigenvalue weighted by Gasteiger charge is 2.24. The molecule has 0 saturated carbocycles. The molecule has 9 heteroatoms. The van der Waals surface area contributed by atoms with E-state index in [2.05, 4.69) is 44.9 Å². The zero-order chi connectivity index (χ0) is 25.8. The van der Waals surface area contributed by atoms with E-state index in [0.29, 0.717) is 19.6 Å². The molecule has 0 fully saturated rings. The maximum Gasteiger partial charge on any atom is 0.325 e. The molecule has 0 aliphatic rings. The van der Waals surface area contributed by atoms with Gasteiger partial charge in [0.15, 0.2) is 0 Å². The second-order valence-corrected chi connectivity index (χ2v) is 9.52. The number of unbranched alkanes of at least 4 members (excludes halogenated alkanes) is 1. The fourth-order valence-electron chi connectivity index (χ4n) is 3.57. The molecule has 0 bridgehead atoms. The number of hydrogen-bond donors (Lipinski definition) is 1. The second-order valence-electron chi connectivity index (χ2n) is 8.61. The zero-order valence-corrected chi connectivity index (χ0v) is 22.7. The van der Waals surface area contributed by atoms with Gasteiger partial charge in [-0.05, 0) is 57.0 Å². The average Bonchev–Trinajstić information content (AvgIpc) is 3.26. The Morgan fingerprint density at radius 1 is 1.11 bits per heavy atom. The van der Waals surface area contributed by atoms with E-state index in [0.717, 1.165) is 23.0 Å². The molecule has 1 aromatic heterocycles. The van der Waals surface area contributed by atoms with Crippen LogP contribution in [0.4, 0.5) is 4.79 Å². The van der Waals surface area contributed by atoms with Crippen LogP contribution in [0.15, 0.2) is 47.1 Å². The van der Waals surface area contributed by atoms with Crippen molar-refractivity contribution in [2.75, 3.05) is 26.2 Å². The molecule has 35 heavy (non-hydrogen) atoms. The first-order valence-corrected chi connectivity index (χ1v) is 12.9. The van der Waals surface area contributed by atoms with Gasteiger partial charge >= 0.3 is 12.0 Å². The number of aromatic nitrogens is 1. The summed E-state index contributed by atoms with van der Waals surface area (Å²) < 4.78 is 8.04. The smallest absolute Gasteiger partial charge is 0.325 e. The molecule has 0 spiro atoms. The fourth-order valence-corrected chi connectivity index (χ4v) is 3.83.